The molecule has 1 aliphatic heterocycles. The highest BCUT2D eigenvalue weighted by atomic mass is 16.5. The molecule has 1 aliphatic carbocycles. The lowest BCUT2D eigenvalue weighted by molar-refractivity contribution is -0.150. The molecule has 30 heavy (non-hydrogen) atoms. The number of aryl methyl sites for hydroxylation is 1. The number of imide groups is 1. The third kappa shape index (κ3) is 3.57. The molecule has 2 heterocycles. The van der Waals surface area contributed by atoms with Crippen LogP contribution in [0.4, 0.5) is 4.79 Å². The third-order valence-corrected chi connectivity index (χ3v) is 5.73. The second kappa shape index (κ2) is 7.58. The summed E-state index contributed by atoms with van der Waals surface area (Å²) in [6.45, 7) is 5.66. The third-order valence-electron chi connectivity index (χ3n) is 5.73. The van der Waals surface area contributed by atoms with Crippen molar-refractivity contribution in [2.24, 2.45) is 5.92 Å². The number of nitrogens with one attached hydrogen (secondary N) is 2. The van der Waals surface area contributed by atoms with Crippen molar-refractivity contribution in [3.05, 3.63) is 22.5 Å². The number of methoxy groups -OCH3 is 1. The maximum Gasteiger partial charge on any atom is 0.339 e. The van der Waals surface area contributed by atoms with Gasteiger partial charge >= 0.3 is 18.0 Å². The first-order valence-electron chi connectivity index (χ1n) is 9.66. The Hall–Kier alpha value is -3.17. The normalized spacial score (nSPS) is 22.0. The summed E-state index contributed by atoms with van der Waals surface area (Å²) in [6.07, 6.45) is 0.499. The SMILES string of the molecule is COC(=O)c1c(C)[nH]c(C(=O)[C@@H](C)OC(=O)CN2C(=O)N[C@](C)(C3CC3)C2=O)c1C. The Morgan fingerprint density at radius 3 is 2.43 bits per heavy atom. The van der Waals surface area contributed by atoms with E-state index in [0.717, 1.165) is 17.7 Å². The van der Waals surface area contributed by atoms with Gasteiger partial charge in [-0.05, 0) is 52.0 Å². The molecule has 0 radical (unpaired) electrons. The lowest BCUT2D eigenvalue weighted by atomic mass is 9.96. The van der Waals surface area contributed by atoms with Crippen LogP contribution in [0, 0.1) is 19.8 Å². The molecule has 0 bridgehead atoms. The number of ketones is 1. The van der Waals surface area contributed by atoms with Crippen molar-refractivity contribution >= 4 is 29.7 Å². The van der Waals surface area contributed by atoms with E-state index < -0.39 is 47.8 Å². The number of carbonyl (C=O) groups is 5. The number of ether oxygens (including phenoxy) is 2. The van der Waals surface area contributed by atoms with E-state index in [1.807, 2.05) is 0 Å². The van der Waals surface area contributed by atoms with Crippen molar-refractivity contribution in [3.8, 4) is 0 Å². The molecule has 162 valence electrons. The molecular weight excluding hydrogens is 394 g/mol. The summed E-state index contributed by atoms with van der Waals surface area (Å²) >= 11 is 0. The molecule has 3 amide bonds. The average molecular weight is 419 g/mol. The minimum absolute atomic E-state index is 0.0681. The van der Waals surface area contributed by atoms with Gasteiger partial charge in [-0.15, -0.1) is 0 Å². The molecule has 1 aromatic rings. The minimum Gasteiger partial charge on any atom is -0.465 e. The largest absolute Gasteiger partial charge is 0.465 e. The van der Waals surface area contributed by atoms with Crippen molar-refractivity contribution in [3.63, 3.8) is 0 Å². The molecule has 1 saturated heterocycles. The van der Waals surface area contributed by atoms with Gasteiger partial charge < -0.3 is 19.8 Å². The predicted octanol–water partition coefficient (Wildman–Crippen LogP) is 1.25. The van der Waals surface area contributed by atoms with E-state index in [9.17, 15) is 24.0 Å². The lowest BCUT2D eigenvalue weighted by Crippen LogP contribution is -2.46. The number of rotatable bonds is 7. The van der Waals surface area contributed by atoms with E-state index in [1.54, 1.807) is 20.8 Å². The summed E-state index contributed by atoms with van der Waals surface area (Å²) in [7, 11) is 1.24. The topological polar surface area (TPSA) is 135 Å². The number of carbonyl (C=O) groups excluding carboxylic acids is 5. The minimum atomic E-state index is -1.18. The van der Waals surface area contributed by atoms with E-state index in [4.69, 9.17) is 9.47 Å². The van der Waals surface area contributed by atoms with Crippen molar-refractivity contribution < 1.29 is 33.4 Å². The fraction of sp³-hybridized carbons (Fsp3) is 0.550. The van der Waals surface area contributed by atoms with Gasteiger partial charge in [0.15, 0.2) is 6.10 Å². The van der Waals surface area contributed by atoms with E-state index in [1.165, 1.54) is 14.0 Å². The fourth-order valence-corrected chi connectivity index (χ4v) is 3.82. The van der Waals surface area contributed by atoms with Gasteiger partial charge in [-0.2, -0.15) is 0 Å². The Labute approximate surface area is 173 Å². The molecule has 0 aromatic carbocycles. The molecule has 2 aliphatic rings. The number of aromatic amines is 1. The van der Waals surface area contributed by atoms with Crippen molar-refractivity contribution in [1.82, 2.24) is 15.2 Å². The van der Waals surface area contributed by atoms with E-state index in [0.29, 0.717) is 11.3 Å². The zero-order valence-corrected chi connectivity index (χ0v) is 17.6. The Morgan fingerprint density at radius 1 is 1.23 bits per heavy atom. The molecule has 0 spiro atoms. The zero-order chi connectivity index (χ0) is 22.4. The Bertz CT molecular complexity index is 946. The van der Waals surface area contributed by atoms with E-state index >= 15 is 0 Å². The number of nitrogens with zero attached hydrogens (tertiary/aromatic N) is 1. The number of hydrogen-bond donors (Lipinski definition) is 2. The highest BCUT2D eigenvalue weighted by Crippen LogP contribution is 2.42. The van der Waals surface area contributed by atoms with Crippen LogP contribution >= 0.6 is 0 Å². The maximum atomic E-state index is 12.7. The Morgan fingerprint density at radius 2 is 1.87 bits per heavy atom. The zero-order valence-electron chi connectivity index (χ0n) is 17.6. The molecular formula is C20H25N3O7. The van der Waals surface area contributed by atoms with Crippen LogP contribution in [-0.4, -0.2) is 64.8 Å². The fourth-order valence-electron chi connectivity index (χ4n) is 3.82. The van der Waals surface area contributed by atoms with Crippen LogP contribution in [0.3, 0.4) is 0 Å². The second-order valence-corrected chi connectivity index (χ2v) is 7.91. The molecule has 10 nitrogen and oxygen atoms in total. The van der Waals surface area contributed by atoms with Crippen molar-refractivity contribution in [2.75, 3.05) is 13.7 Å². The molecule has 2 atom stereocenters. The van der Waals surface area contributed by atoms with Gasteiger partial charge in [0, 0.05) is 5.69 Å². The van der Waals surface area contributed by atoms with Gasteiger partial charge in [-0.25, -0.2) is 9.59 Å². The predicted molar refractivity (Wildman–Crippen MR) is 103 cm³/mol. The highest BCUT2D eigenvalue weighted by molar-refractivity contribution is 6.09. The van der Waals surface area contributed by atoms with Crippen LogP contribution in [0.25, 0.3) is 0 Å². The van der Waals surface area contributed by atoms with Gasteiger partial charge in [0.2, 0.25) is 5.78 Å². The van der Waals surface area contributed by atoms with Crippen LogP contribution in [0.1, 0.15) is 58.8 Å². The van der Waals surface area contributed by atoms with Crippen molar-refractivity contribution in [2.45, 2.75) is 52.2 Å². The molecule has 3 rings (SSSR count). The van der Waals surface area contributed by atoms with Gasteiger partial charge in [-0.3, -0.25) is 19.3 Å². The van der Waals surface area contributed by atoms with Crippen LogP contribution in [0.15, 0.2) is 0 Å². The van der Waals surface area contributed by atoms with Crippen LogP contribution in [0.5, 0.6) is 0 Å². The summed E-state index contributed by atoms with van der Waals surface area (Å²) in [5, 5.41) is 2.65. The number of H-pyrrole nitrogens is 1. The summed E-state index contributed by atoms with van der Waals surface area (Å²) in [4.78, 5) is 65.3. The van der Waals surface area contributed by atoms with E-state index in [-0.39, 0.29) is 17.2 Å². The van der Waals surface area contributed by atoms with Gasteiger partial charge in [0.25, 0.3) is 5.91 Å². The first-order chi connectivity index (χ1) is 14.0. The van der Waals surface area contributed by atoms with Crippen molar-refractivity contribution in [1.29, 1.82) is 0 Å². The molecule has 2 N–H and O–H groups in total. The quantitative estimate of drug-likeness (QED) is 0.386. The molecule has 10 heteroatoms. The summed E-state index contributed by atoms with van der Waals surface area (Å²) in [5.74, 6) is -2.40. The first-order valence-corrected chi connectivity index (χ1v) is 9.66. The van der Waals surface area contributed by atoms with Gasteiger partial charge in [0.1, 0.15) is 12.1 Å². The molecule has 2 fully saturated rings. The van der Waals surface area contributed by atoms with Crippen LogP contribution in [-0.2, 0) is 19.1 Å². The van der Waals surface area contributed by atoms with Gasteiger partial charge in [-0.1, -0.05) is 0 Å². The standard InChI is InChI=1S/C20H25N3O7/c1-9-14(17(26)29-5)10(2)21-15(9)16(25)11(3)30-13(24)8-23-18(27)20(4,12-6-7-12)22-19(23)28/h11-12,21H,6-8H2,1-5H3,(H,22,28)/t11-,20-/m1/s1. The van der Waals surface area contributed by atoms with Gasteiger partial charge in [0.05, 0.1) is 18.4 Å². The monoisotopic (exact) mass is 419 g/mol. The highest BCUT2D eigenvalue weighted by Gasteiger charge is 2.56. The summed E-state index contributed by atoms with van der Waals surface area (Å²) in [5.41, 5.74) is 0.228. The molecule has 1 saturated carbocycles. The first kappa shape index (κ1) is 21.5. The Kier molecular flexibility index (Phi) is 5.44. The number of aromatic nitrogens is 1. The van der Waals surface area contributed by atoms with Crippen LogP contribution < -0.4 is 5.32 Å². The number of esters is 2. The number of hydrogen-bond acceptors (Lipinski definition) is 7. The second-order valence-electron chi connectivity index (χ2n) is 7.91. The summed E-state index contributed by atoms with van der Waals surface area (Å²) < 4.78 is 9.88. The smallest absolute Gasteiger partial charge is 0.339 e. The van der Waals surface area contributed by atoms with Crippen LogP contribution in [0.2, 0.25) is 0 Å². The lowest BCUT2D eigenvalue weighted by Gasteiger charge is -2.21. The number of amides is 3. The maximum absolute atomic E-state index is 12.7. The number of urea groups is 1. The Balaban J connectivity index is 1.66. The molecule has 1 aromatic heterocycles. The van der Waals surface area contributed by atoms with E-state index in [2.05, 4.69) is 10.3 Å². The average Bonchev–Trinajstić information content (AvgIpc) is 3.46. The number of Topliss-reactive ketones (excluding diaryl/α,β-unsaturated/α-hetero) is 1. The summed E-state index contributed by atoms with van der Waals surface area (Å²) in [6, 6.07) is -0.649. The molecule has 0 unspecified atom stereocenters.